The molecule has 0 aliphatic rings. The van der Waals surface area contributed by atoms with Crippen LogP contribution in [0.3, 0.4) is 0 Å². The molecule has 0 bridgehead atoms. The molecule has 1 aromatic carbocycles. The van der Waals surface area contributed by atoms with Crippen LogP contribution >= 0.6 is 11.6 Å². The van der Waals surface area contributed by atoms with E-state index in [1.807, 2.05) is 24.3 Å². The SMILES string of the molecule is N#Cc1cc2ccccc2nc1-n1cc(Cl)cn1. The molecular formula is C13H7ClN4. The molecule has 2 heterocycles. The number of para-hydroxylation sites is 1. The number of aromatic nitrogens is 3. The molecule has 0 fully saturated rings. The van der Waals surface area contributed by atoms with E-state index in [-0.39, 0.29) is 0 Å². The van der Waals surface area contributed by atoms with Gasteiger partial charge in [0.15, 0.2) is 5.82 Å². The molecule has 0 aliphatic heterocycles. The summed E-state index contributed by atoms with van der Waals surface area (Å²) in [4.78, 5) is 4.45. The van der Waals surface area contributed by atoms with Crippen molar-refractivity contribution in [2.45, 2.75) is 0 Å². The number of fused-ring (bicyclic) bond motifs is 1. The number of halogens is 1. The molecule has 0 unspecified atom stereocenters. The number of nitrogens with zero attached hydrogens (tertiary/aromatic N) is 4. The molecule has 0 spiro atoms. The maximum Gasteiger partial charge on any atom is 0.171 e. The zero-order valence-corrected chi connectivity index (χ0v) is 9.96. The Morgan fingerprint density at radius 3 is 2.83 bits per heavy atom. The van der Waals surface area contributed by atoms with Crippen molar-refractivity contribution in [1.29, 1.82) is 5.26 Å². The first-order valence-corrected chi connectivity index (χ1v) is 5.66. The number of nitriles is 1. The van der Waals surface area contributed by atoms with Gasteiger partial charge in [-0.25, -0.2) is 9.67 Å². The summed E-state index contributed by atoms with van der Waals surface area (Å²) in [6, 6.07) is 11.6. The Balaban J connectivity index is 2.31. The zero-order chi connectivity index (χ0) is 12.5. The van der Waals surface area contributed by atoms with Crippen LogP contribution in [0.2, 0.25) is 5.02 Å². The monoisotopic (exact) mass is 254 g/mol. The Bertz CT molecular complexity index is 770. The van der Waals surface area contributed by atoms with Crippen LogP contribution in [0, 0.1) is 11.3 Å². The molecule has 0 atom stereocenters. The van der Waals surface area contributed by atoms with E-state index in [0.29, 0.717) is 16.4 Å². The molecule has 86 valence electrons. The number of benzene rings is 1. The summed E-state index contributed by atoms with van der Waals surface area (Å²) in [6.07, 6.45) is 3.14. The van der Waals surface area contributed by atoms with Crippen molar-refractivity contribution in [3.8, 4) is 11.9 Å². The van der Waals surface area contributed by atoms with Crippen LogP contribution in [0.4, 0.5) is 0 Å². The van der Waals surface area contributed by atoms with Gasteiger partial charge in [0.2, 0.25) is 0 Å². The molecule has 5 heteroatoms. The minimum absolute atomic E-state index is 0.466. The third kappa shape index (κ3) is 1.71. The molecule has 0 saturated carbocycles. The van der Waals surface area contributed by atoms with Crippen molar-refractivity contribution in [2.75, 3.05) is 0 Å². The highest BCUT2D eigenvalue weighted by Gasteiger charge is 2.09. The van der Waals surface area contributed by atoms with Gasteiger partial charge in [0.05, 0.1) is 28.5 Å². The molecule has 3 aromatic rings. The lowest BCUT2D eigenvalue weighted by Gasteiger charge is -2.05. The van der Waals surface area contributed by atoms with E-state index in [9.17, 15) is 5.26 Å². The minimum atomic E-state index is 0.466. The highest BCUT2D eigenvalue weighted by Crippen LogP contribution is 2.19. The average molecular weight is 255 g/mol. The van der Waals surface area contributed by atoms with Gasteiger partial charge in [0, 0.05) is 5.39 Å². The molecule has 0 amide bonds. The minimum Gasteiger partial charge on any atom is -0.227 e. The van der Waals surface area contributed by atoms with Crippen molar-refractivity contribution in [3.63, 3.8) is 0 Å². The smallest absolute Gasteiger partial charge is 0.171 e. The fraction of sp³-hybridized carbons (Fsp3) is 0. The van der Waals surface area contributed by atoms with Gasteiger partial charge >= 0.3 is 0 Å². The van der Waals surface area contributed by atoms with Crippen molar-refractivity contribution in [3.05, 3.63) is 53.3 Å². The summed E-state index contributed by atoms with van der Waals surface area (Å²) in [5.41, 5.74) is 1.28. The van der Waals surface area contributed by atoms with E-state index in [2.05, 4.69) is 16.2 Å². The molecule has 0 radical (unpaired) electrons. The highest BCUT2D eigenvalue weighted by molar-refractivity contribution is 6.30. The first-order chi connectivity index (χ1) is 8.78. The molecule has 0 saturated heterocycles. The van der Waals surface area contributed by atoms with Crippen LogP contribution in [0.15, 0.2) is 42.7 Å². The fourth-order valence-corrected chi connectivity index (χ4v) is 1.92. The van der Waals surface area contributed by atoms with Gasteiger partial charge in [0.25, 0.3) is 0 Å². The van der Waals surface area contributed by atoms with Gasteiger partial charge < -0.3 is 0 Å². The van der Waals surface area contributed by atoms with Crippen LogP contribution in [-0.2, 0) is 0 Å². The Morgan fingerprint density at radius 1 is 1.28 bits per heavy atom. The molecule has 18 heavy (non-hydrogen) atoms. The number of hydrogen-bond donors (Lipinski definition) is 0. The van der Waals surface area contributed by atoms with E-state index >= 15 is 0 Å². The van der Waals surface area contributed by atoms with Crippen LogP contribution in [0.25, 0.3) is 16.7 Å². The Labute approximate surface area is 108 Å². The van der Waals surface area contributed by atoms with Crippen LogP contribution in [-0.4, -0.2) is 14.8 Å². The van der Waals surface area contributed by atoms with Gasteiger partial charge in [0.1, 0.15) is 6.07 Å². The van der Waals surface area contributed by atoms with E-state index in [1.165, 1.54) is 10.9 Å². The van der Waals surface area contributed by atoms with E-state index in [1.54, 1.807) is 12.3 Å². The van der Waals surface area contributed by atoms with Gasteiger partial charge in [-0.05, 0) is 12.1 Å². The standard InChI is InChI=1S/C13H7ClN4/c14-11-7-16-18(8-11)13-10(6-15)5-9-3-1-2-4-12(9)17-13/h1-5,7-8H. The lowest BCUT2D eigenvalue weighted by atomic mass is 10.1. The summed E-state index contributed by atoms with van der Waals surface area (Å²) in [5, 5.41) is 14.7. The van der Waals surface area contributed by atoms with E-state index < -0.39 is 0 Å². The van der Waals surface area contributed by atoms with Crippen LogP contribution in [0.5, 0.6) is 0 Å². The second kappa shape index (κ2) is 4.13. The number of rotatable bonds is 1. The molecular weight excluding hydrogens is 248 g/mol. The molecule has 2 aromatic heterocycles. The van der Waals surface area contributed by atoms with Gasteiger partial charge in [-0.3, -0.25) is 0 Å². The normalized spacial score (nSPS) is 10.4. The molecule has 3 rings (SSSR count). The fourth-order valence-electron chi connectivity index (χ4n) is 1.78. The molecule has 0 aliphatic carbocycles. The summed E-state index contributed by atoms with van der Waals surface area (Å²) in [7, 11) is 0. The average Bonchev–Trinajstić information content (AvgIpc) is 2.83. The summed E-state index contributed by atoms with van der Waals surface area (Å²) < 4.78 is 1.51. The van der Waals surface area contributed by atoms with Crippen molar-refractivity contribution in [1.82, 2.24) is 14.8 Å². The predicted octanol–water partition coefficient (Wildman–Crippen LogP) is 2.95. The Kier molecular flexibility index (Phi) is 2.47. The highest BCUT2D eigenvalue weighted by atomic mass is 35.5. The second-order valence-corrected chi connectivity index (χ2v) is 4.20. The first kappa shape index (κ1) is 10.8. The molecule has 0 N–H and O–H groups in total. The van der Waals surface area contributed by atoms with E-state index in [0.717, 1.165) is 10.9 Å². The van der Waals surface area contributed by atoms with Gasteiger partial charge in [-0.2, -0.15) is 10.4 Å². The van der Waals surface area contributed by atoms with E-state index in [4.69, 9.17) is 11.6 Å². The summed E-state index contributed by atoms with van der Waals surface area (Å²) in [5.74, 6) is 0.489. The largest absolute Gasteiger partial charge is 0.227 e. The first-order valence-electron chi connectivity index (χ1n) is 5.28. The quantitative estimate of drug-likeness (QED) is 0.671. The van der Waals surface area contributed by atoms with Gasteiger partial charge in [-0.15, -0.1) is 0 Å². The lowest BCUT2D eigenvalue weighted by molar-refractivity contribution is 0.849. The number of pyridine rings is 1. The predicted molar refractivity (Wildman–Crippen MR) is 68.6 cm³/mol. The Morgan fingerprint density at radius 2 is 2.11 bits per heavy atom. The Hall–Kier alpha value is -2.38. The topological polar surface area (TPSA) is 54.5 Å². The van der Waals surface area contributed by atoms with Crippen molar-refractivity contribution in [2.24, 2.45) is 0 Å². The lowest BCUT2D eigenvalue weighted by Crippen LogP contribution is -2.01. The maximum absolute atomic E-state index is 9.18. The maximum atomic E-state index is 9.18. The summed E-state index contributed by atoms with van der Waals surface area (Å²) >= 11 is 5.83. The van der Waals surface area contributed by atoms with Gasteiger partial charge in [-0.1, -0.05) is 29.8 Å². The summed E-state index contributed by atoms with van der Waals surface area (Å²) in [6.45, 7) is 0. The van der Waals surface area contributed by atoms with Crippen LogP contribution < -0.4 is 0 Å². The number of hydrogen-bond acceptors (Lipinski definition) is 3. The van der Waals surface area contributed by atoms with Crippen LogP contribution in [0.1, 0.15) is 5.56 Å². The van der Waals surface area contributed by atoms with Crippen molar-refractivity contribution >= 4 is 22.5 Å². The van der Waals surface area contributed by atoms with Crippen molar-refractivity contribution < 1.29 is 0 Å². The third-order valence-electron chi connectivity index (χ3n) is 2.59. The third-order valence-corrected chi connectivity index (χ3v) is 2.79. The molecule has 4 nitrogen and oxygen atoms in total. The second-order valence-electron chi connectivity index (χ2n) is 3.77. The zero-order valence-electron chi connectivity index (χ0n) is 9.21.